The molecule has 2 aromatic heterocycles. The molecule has 2 aromatic rings. The van der Waals surface area contributed by atoms with Crippen LogP contribution in [0.3, 0.4) is 0 Å². The predicted octanol–water partition coefficient (Wildman–Crippen LogP) is 3.82. The molecule has 1 aliphatic rings. The fourth-order valence-corrected chi connectivity index (χ4v) is 4.00. The molecule has 3 rings (SSSR count). The standard InChI is InChI=1S/C15H22N4S/c1-9-5-3-4-6-11(9)8-17-13-12-7-10(2)20-14(12)19-15(16)18-13/h7,9,11H,3-6,8H2,1-2H3,(H3,16,17,18,19). The van der Waals surface area contributed by atoms with E-state index in [9.17, 15) is 0 Å². The molecule has 0 radical (unpaired) electrons. The smallest absolute Gasteiger partial charge is 0.223 e. The summed E-state index contributed by atoms with van der Waals surface area (Å²) in [7, 11) is 0. The van der Waals surface area contributed by atoms with E-state index in [1.165, 1.54) is 30.6 Å². The minimum absolute atomic E-state index is 0.360. The van der Waals surface area contributed by atoms with Crippen molar-refractivity contribution in [2.75, 3.05) is 17.6 Å². The van der Waals surface area contributed by atoms with Gasteiger partial charge in [0.05, 0.1) is 5.39 Å². The molecule has 1 saturated carbocycles. The van der Waals surface area contributed by atoms with Gasteiger partial charge in [-0.1, -0.05) is 26.2 Å². The van der Waals surface area contributed by atoms with Crippen LogP contribution in [-0.4, -0.2) is 16.5 Å². The lowest BCUT2D eigenvalue weighted by Gasteiger charge is -2.29. The van der Waals surface area contributed by atoms with Crippen LogP contribution in [-0.2, 0) is 0 Å². The molecule has 1 fully saturated rings. The zero-order valence-electron chi connectivity index (χ0n) is 12.1. The fourth-order valence-electron chi connectivity index (χ4n) is 3.12. The number of nitrogens with one attached hydrogen (secondary N) is 1. The molecule has 0 aromatic carbocycles. The van der Waals surface area contributed by atoms with E-state index in [2.05, 4.69) is 35.2 Å². The number of hydrogen-bond acceptors (Lipinski definition) is 5. The third-order valence-corrected chi connectivity index (χ3v) is 5.30. The molecule has 0 spiro atoms. The topological polar surface area (TPSA) is 63.8 Å². The number of aryl methyl sites for hydroxylation is 1. The maximum atomic E-state index is 5.81. The quantitative estimate of drug-likeness (QED) is 0.902. The molecule has 3 N–H and O–H groups in total. The highest BCUT2D eigenvalue weighted by Gasteiger charge is 2.21. The van der Waals surface area contributed by atoms with Crippen molar-refractivity contribution in [2.45, 2.75) is 39.5 Å². The van der Waals surface area contributed by atoms with E-state index in [-0.39, 0.29) is 0 Å². The number of hydrogen-bond donors (Lipinski definition) is 2. The molecule has 20 heavy (non-hydrogen) atoms. The van der Waals surface area contributed by atoms with Crippen molar-refractivity contribution in [1.29, 1.82) is 0 Å². The Labute approximate surface area is 123 Å². The molecular formula is C15H22N4S. The number of aromatic nitrogens is 2. The third kappa shape index (κ3) is 2.73. The van der Waals surface area contributed by atoms with E-state index >= 15 is 0 Å². The van der Waals surface area contributed by atoms with Crippen molar-refractivity contribution in [2.24, 2.45) is 11.8 Å². The number of nitrogen functional groups attached to an aromatic ring is 1. The normalized spacial score (nSPS) is 23.1. The maximum Gasteiger partial charge on any atom is 0.223 e. The zero-order valence-corrected chi connectivity index (χ0v) is 13.0. The second-order valence-electron chi connectivity index (χ2n) is 5.91. The Balaban J connectivity index is 1.79. The van der Waals surface area contributed by atoms with Gasteiger partial charge in [0.1, 0.15) is 10.6 Å². The first-order valence-electron chi connectivity index (χ1n) is 7.41. The number of rotatable bonds is 3. The summed E-state index contributed by atoms with van der Waals surface area (Å²) in [5, 5.41) is 4.62. The number of thiophene rings is 1. The van der Waals surface area contributed by atoms with E-state index in [4.69, 9.17) is 5.73 Å². The lowest BCUT2D eigenvalue weighted by Crippen LogP contribution is -2.24. The molecule has 1 aliphatic carbocycles. The summed E-state index contributed by atoms with van der Waals surface area (Å²) >= 11 is 1.67. The highest BCUT2D eigenvalue weighted by molar-refractivity contribution is 7.18. The number of nitrogens with two attached hydrogens (primary N) is 1. The molecule has 0 aliphatic heterocycles. The summed E-state index contributed by atoms with van der Waals surface area (Å²) in [6.45, 7) is 5.45. The predicted molar refractivity (Wildman–Crippen MR) is 86.2 cm³/mol. The summed E-state index contributed by atoms with van der Waals surface area (Å²) in [5.74, 6) is 2.80. The van der Waals surface area contributed by atoms with Crippen LogP contribution in [0.15, 0.2) is 6.07 Å². The Hall–Kier alpha value is -1.36. The monoisotopic (exact) mass is 290 g/mol. The Morgan fingerprint density at radius 1 is 1.35 bits per heavy atom. The van der Waals surface area contributed by atoms with Crippen molar-refractivity contribution in [3.63, 3.8) is 0 Å². The molecule has 0 bridgehead atoms. The molecule has 2 atom stereocenters. The molecule has 2 unspecified atom stereocenters. The fraction of sp³-hybridized carbons (Fsp3) is 0.600. The van der Waals surface area contributed by atoms with E-state index in [0.29, 0.717) is 5.95 Å². The van der Waals surface area contributed by atoms with Gasteiger partial charge in [-0.05, 0) is 31.2 Å². The van der Waals surface area contributed by atoms with Gasteiger partial charge < -0.3 is 11.1 Å². The number of fused-ring (bicyclic) bond motifs is 1. The van der Waals surface area contributed by atoms with Gasteiger partial charge in [0.25, 0.3) is 0 Å². The first kappa shape index (κ1) is 13.6. The van der Waals surface area contributed by atoms with Crippen LogP contribution in [0, 0.1) is 18.8 Å². The van der Waals surface area contributed by atoms with Crippen LogP contribution in [0.1, 0.15) is 37.5 Å². The second kappa shape index (κ2) is 5.56. The zero-order chi connectivity index (χ0) is 14.1. The van der Waals surface area contributed by atoms with Crippen LogP contribution in [0.2, 0.25) is 0 Å². The first-order valence-corrected chi connectivity index (χ1v) is 8.22. The van der Waals surface area contributed by atoms with E-state index in [1.54, 1.807) is 11.3 Å². The van der Waals surface area contributed by atoms with Gasteiger partial charge in [-0.25, -0.2) is 4.98 Å². The molecule has 0 saturated heterocycles. The lowest BCUT2D eigenvalue weighted by atomic mass is 9.80. The average molecular weight is 290 g/mol. The van der Waals surface area contributed by atoms with Crippen molar-refractivity contribution >= 4 is 33.3 Å². The molecule has 108 valence electrons. The van der Waals surface area contributed by atoms with Gasteiger partial charge in [-0.15, -0.1) is 11.3 Å². The molecule has 4 nitrogen and oxygen atoms in total. The van der Waals surface area contributed by atoms with E-state index in [1.807, 2.05) is 0 Å². The summed E-state index contributed by atoms with van der Waals surface area (Å²) in [6.07, 6.45) is 5.41. The van der Waals surface area contributed by atoms with Crippen molar-refractivity contribution < 1.29 is 0 Å². The van der Waals surface area contributed by atoms with Crippen LogP contribution >= 0.6 is 11.3 Å². The Bertz CT molecular complexity index is 607. The summed E-state index contributed by atoms with van der Waals surface area (Å²) in [6, 6.07) is 2.14. The number of nitrogens with zero attached hydrogens (tertiary/aromatic N) is 2. The molecule has 2 heterocycles. The van der Waals surface area contributed by atoms with Gasteiger partial charge in [-0.2, -0.15) is 4.98 Å². The van der Waals surface area contributed by atoms with Crippen LogP contribution in [0.4, 0.5) is 11.8 Å². The highest BCUT2D eigenvalue weighted by atomic mass is 32.1. The van der Waals surface area contributed by atoms with E-state index in [0.717, 1.165) is 34.4 Å². The van der Waals surface area contributed by atoms with Crippen LogP contribution < -0.4 is 11.1 Å². The molecule has 5 heteroatoms. The van der Waals surface area contributed by atoms with Crippen LogP contribution in [0.25, 0.3) is 10.2 Å². The largest absolute Gasteiger partial charge is 0.369 e. The van der Waals surface area contributed by atoms with Gasteiger partial charge >= 0.3 is 0 Å². The Morgan fingerprint density at radius 3 is 2.95 bits per heavy atom. The molecule has 0 amide bonds. The van der Waals surface area contributed by atoms with Gasteiger partial charge in [0.15, 0.2) is 0 Å². The maximum absolute atomic E-state index is 5.81. The van der Waals surface area contributed by atoms with Crippen molar-refractivity contribution in [3.8, 4) is 0 Å². The summed E-state index contributed by atoms with van der Waals surface area (Å²) < 4.78 is 0. The highest BCUT2D eigenvalue weighted by Crippen LogP contribution is 2.32. The first-order chi connectivity index (χ1) is 9.63. The number of anilines is 2. The van der Waals surface area contributed by atoms with Gasteiger partial charge in [0, 0.05) is 11.4 Å². The third-order valence-electron chi connectivity index (χ3n) is 4.35. The van der Waals surface area contributed by atoms with Gasteiger partial charge in [-0.3, -0.25) is 0 Å². The SMILES string of the molecule is Cc1cc2c(NCC3CCCCC3C)nc(N)nc2s1. The van der Waals surface area contributed by atoms with Crippen molar-refractivity contribution in [1.82, 2.24) is 9.97 Å². The second-order valence-corrected chi connectivity index (χ2v) is 7.14. The van der Waals surface area contributed by atoms with Crippen LogP contribution in [0.5, 0.6) is 0 Å². The van der Waals surface area contributed by atoms with Gasteiger partial charge in [0.2, 0.25) is 5.95 Å². The minimum Gasteiger partial charge on any atom is -0.369 e. The van der Waals surface area contributed by atoms with E-state index < -0.39 is 0 Å². The summed E-state index contributed by atoms with van der Waals surface area (Å²) in [4.78, 5) is 10.9. The Morgan fingerprint density at radius 2 is 2.15 bits per heavy atom. The Kier molecular flexibility index (Phi) is 3.78. The minimum atomic E-state index is 0.360. The average Bonchev–Trinajstić information content (AvgIpc) is 2.77. The summed E-state index contributed by atoms with van der Waals surface area (Å²) in [5.41, 5.74) is 5.81. The van der Waals surface area contributed by atoms with Crippen molar-refractivity contribution in [3.05, 3.63) is 10.9 Å². The lowest BCUT2D eigenvalue weighted by molar-refractivity contribution is 0.268. The molecular weight excluding hydrogens is 268 g/mol.